The minimum Gasteiger partial charge on any atom is -0.489 e. The van der Waals surface area contributed by atoms with E-state index in [1.165, 1.54) is 5.56 Å². The smallest absolute Gasteiger partial charge is 0.123 e. The molecule has 19 heavy (non-hydrogen) atoms. The van der Waals surface area contributed by atoms with Gasteiger partial charge in [-0.1, -0.05) is 50.3 Å². The van der Waals surface area contributed by atoms with Crippen LogP contribution in [0.5, 0.6) is 5.75 Å². The van der Waals surface area contributed by atoms with E-state index >= 15 is 0 Å². The molecule has 1 N–H and O–H groups in total. The number of hydrogen-bond donors (Lipinski definition) is 1. The van der Waals surface area contributed by atoms with Gasteiger partial charge in [-0.15, -0.1) is 19.0 Å². The number of hydrogen-bond acceptors (Lipinski definition) is 2. The van der Waals surface area contributed by atoms with Crippen molar-refractivity contribution >= 4 is 12.4 Å². The third-order valence-electron chi connectivity index (χ3n) is 2.59. The molecular weight excluding hydrogens is 258 g/mol. The van der Waals surface area contributed by atoms with E-state index in [0.717, 1.165) is 18.8 Å². The number of rotatable bonds is 8. The van der Waals surface area contributed by atoms with E-state index in [1.807, 2.05) is 24.3 Å². The number of halogens is 1. The first kappa shape index (κ1) is 17.8. The zero-order valence-corrected chi connectivity index (χ0v) is 12.6. The molecule has 0 atom stereocenters. The van der Waals surface area contributed by atoms with Crippen molar-refractivity contribution in [2.24, 2.45) is 0 Å². The molecule has 2 nitrogen and oxygen atoms in total. The minimum atomic E-state index is 0. The lowest BCUT2D eigenvalue weighted by Crippen LogP contribution is -2.12. The van der Waals surface area contributed by atoms with Crippen LogP contribution in [0.25, 0.3) is 0 Å². The van der Waals surface area contributed by atoms with Crippen molar-refractivity contribution in [1.82, 2.24) is 5.32 Å². The zero-order valence-electron chi connectivity index (χ0n) is 11.8. The van der Waals surface area contributed by atoms with Crippen LogP contribution >= 0.6 is 12.4 Å². The van der Waals surface area contributed by atoms with E-state index in [4.69, 9.17) is 4.74 Å². The van der Waals surface area contributed by atoms with Crippen molar-refractivity contribution in [1.29, 1.82) is 0 Å². The molecule has 0 unspecified atom stereocenters. The quantitative estimate of drug-likeness (QED) is 0.576. The van der Waals surface area contributed by atoms with Crippen LogP contribution in [0.15, 0.2) is 49.1 Å². The predicted octanol–water partition coefficient (Wildman–Crippen LogP) is 3.94. The molecule has 0 radical (unpaired) electrons. The molecule has 106 valence electrons. The van der Waals surface area contributed by atoms with Gasteiger partial charge in [-0.05, 0) is 17.5 Å². The van der Waals surface area contributed by atoms with E-state index in [2.05, 4.69) is 44.0 Å². The first-order valence-electron chi connectivity index (χ1n) is 6.44. The predicted molar refractivity (Wildman–Crippen MR) is 85.5 cm³/mol. The summed E-state index contributed by atoms with van der Waals surface area (Å²) < 4.78 is 5.77. The Morgan fingerprint density at radius 3 is 2.63 bits per heavy atom. The lowest BCUT2D eigenvalue weighted by Gasteiger charge is -2.12. The van der Waals surface area contributed by atoms with Gasteiger partial charge in [-0.25, -0.2) is 0 Å². The number of nitrogens with one attached hydrogen (secondary N) is 1. The molecule has 0 saturated heterocycles. The summed E-state index contributed by atoms with van der Waals surface area (Å²) in [4.78, 5) is 0. The van der Waals surface area contributed by atoms with Crippen LogP contribution in [0.4, 0.5) is 0 Å². The Kier molecular flexibility index (Phi) is 9.95. The first-order chi connectivity index (χ1) is 8.75. The molecule has 1 rings (SSSR count). The van der Waals surface area contributed by atoms with Gasteiger partial charge < -0.3 is 10.1 Å². The van der Waals surface area contributed by atoms with Gasteiger partial charge >= 0.3 is 0 Å². The van der Waals surface area contributed by atoms with Gasteiger partial charge in [0.1, 0.15) is 12.4 Å². The lowest BCUT2D eigenvalue weighted by atomic mass is 10.0. The van der Waals surface area contributed by atoms with Crippen molar-refractivity contribution < 1.29 is 4.74 Å². The Bertz CT molecular complexity index is 388. The van der Waals surface area contributed by atoms with Crippen molar-refractivity contribution in [2.75, 3.05) is 19.7 Å². The van der Waals surface area contributed by atoms with Gasteiger partial charge in [0.25, 0.3) is 0 Å². The summed E-state index contributed by atoms with van der Waals surface area (Å²) in [5.74, 6) is 1.47. The Hall–Kier alpha value is -1.25. The van der Waals surface area contributed by atoms with Crippen molar-refractivity contribution in [3.8, 4) is 5.75 Å². The van der Waals surface area contributed by atoms with E-state index < -0.39 is 0 Å². The summed E-state index contributed by atoms with van der Waals surface area (Å²) in [6.45, 7) is 10.3. The van der Waals surface area contributed by atoms with Gasteiger partial charge in [-0.2, -0.15) is 0 Å². The maximum Gasteiger partial charge on any atom is 0.123 e. The van der Waals surface area contributed by atoms with Gasteiger partial charge in [0.05, 0.1) is 0 Å². The fourth-order valence-electron chi connectivity index (χ4n) is 1.65. The largest absolute Gasteiger partial charge is 0.489 e. The van der Waals surface area contributed by atoms with E-state index in [0.29, 0.717) is 12.5 Å². The van der Waals surface area contributed by atoms with Crippen molar-refractivity contribution in [3.05, 3.63) is 54.6 Å². The maximum absolute atomic E-state index is 5.77. The second-order valence-electron chi connectivity index (χ2n) is 4.42. The molecule has 0 amide bonds. The van der Waals surface area contributed by atoms with Crippen molar-refractivity contribution in [2.45, 2.75) is 19.8 Å². The summed E-state index contributed by atoms with van der Waals surface area (Å²) in [6.07, 6.45) is 5.96. The summed E-state index contributed by atoms with van der Waals surface area (Å²) in [5, 5.41) is 3.20. The molecular formula is C16H24ClNO. The summed E-state index contributed by atoms with van der Waals surface area (Å²) in [5.41, 5.74) is 1.26. The zero-order chi connectivity index (χ0) is 13.2. The van der Waals surface area contributed by atoms with Gasteiger partial charge in [0.15, 0.2) is 0 Å². The second kappa shape index (κ2) is 10.7. The normalized spacial score (nSPS) is 10.5. The number of benzene rings is 1. The molecule has 0 saturated carbocycles. The second-order valence-corrected chi connectivity index (χ2v) is 4.42. The molecule has 1 aromatic rings. The average Bonchev–Trinajstić information content (AvgIpc) is 2.38. The highest BCUT2D eigenvalue weighted by Gasteiger charge is 2.05. The van der Waals surface area contributed by atoms with E-state index in [1.54, 1.807) is 0 Å². The molecule has 0 fully saturated rings. The molecule has 3 heteroatoms. The van der Waals surface area contributed by atoms with Crippen LogP contribution in [0.2, 0.25) is 0 Å². The van der Waals surface area contributed by atoms with Crippen molar-refractivity contribution in [3.63, 3.8) is 0 Å². The monoisotopic (exact) mass is 281 g/mol. The molecule has 0 aliphatic heterocycles. The topological polar surface area (TPSA) is 21.3 Å². The molecule has 0 spiro atoms. The highest BCUT2D eigenvalue weighted by molar-refractivity contribution is 5.85. The van der Waals surface area contributed by atoms with Gasteiger partial charge in [0, 0.05) is 13.1 Å². The third-order valence-corrected chi connectivity index (χ3v) is 2.59. The SMILES string of the molecule is C=CCNCC=CCOc1ccccc1C(C)C.Cl. The lowest BCUT2D eigenvalue weighted by molar-refractivity contribution is 0.357. The highest BCUT2D eigenvalue weighted by atomic mass is 35.5. The van der Waals surface area contributed by atoms with Gasteiger partial charge in [0.2, 0.25) is 0 Å². The summed E-state index contributed by atoms with van der Waals surface area (Å²) in [7, 11) is 0. The summed E-state index contributed by atoms with van der Waals surface area (Å²) in [6, 6.07) is 8.21. The summed E-state index contributed by atoms with van der Waals surface area (Å²) >= 11 is 0. The Morgan fingerprint density at radius 1 is 1.21 bits per heavy atom. The van der Waals surface area contributed by atoms with Crippen LogP contribution in [0.1, 0.15) is 25.3 Å². The Labute approximate surface area is 123 Å². The minimum absolute atomic E-state index is 0. The molecule has 0 aliphatic carbocycles. The average molecular weight is 282 g/mol. The molecule has 0 heterocycles. The molecule has 1 aromatic carbocycles. The van der Waals surface area contributed by atoms with Crippen LogP contribution in [-0.4, -0.2) is 19.7 Å². The molecule has 0 aliphatic rings. The fourth-order valence-corrected chi connectivity index (χ4v) is 1.65. The Balaban J connectivity index is 0.00000324. The van der Waals surface area contributed by atoms with Crippen LogP contribution in [0.3, 0.4) is 0 Å². The van der Waals surface area contributed by atoms with Crippen LogP contribution in [-0.2, 0) is 0 Å². The number of ether oxygens (including phenoxy) is 1. The van der Waals surface area contributed by atoms with Gasteiger partial charge in [-0.3, -0.25) is 0 Å². The fraction of sp³-hybridized carbons (Fsp3) is 0.375. The molecule has 0 aromatic heterocycles. The third kappa shape index (κ3) is 7.04. The van der Waals surface area contributed by atoms with Crippen LogP contribution < -0.4 is 10.1 Å². The van der Waals surface area contributed by atoms with E-state index in [9.17, 15) is 0 Å². The molecule has 0 bridgehead atoms. The van der Waals surface area contributed by atoms with Crippen LogP contribution in [0, 0.1) is 0 Å². The Morgan fingerprint density at radius 2 is 1.95 bits per heavy atom. The van der Waals surface area contributed by atoms with E-state index in [-0.39, 0.29) is 12.4 Å². The highest BCUT2D eigenvalue weighted by Crippen LogP contribution is 2.25. The first-order valence-corrected chi connectivity index (χ1v) is 6.44. The standard InChI is InChI=1S/C16H23NO.ClH/c1-4-11-17-12-7-8-13-18-16-10-6-5-9-15(16)14(2)3;/h4-10,14,17H,1,11-13H2,2-3H3;1H. The number of para-hydroxylation sites is 1. The maximum atomic E-state index is 5.77.